The zero-order valence-electron chi connectivity index (χ0n) is 10.6. The Morgan fingerprint density at radius 3 is 2.81 bits per heavy atom. The molecule has 0 radical (unpaired) electrons. The van der Waals surface area contributed by atoms with E-state index < -0.39 is 0 Å². The summed E-state index contributed by atoms with van der Waals surface area (Å²) in [6, 6.07) is 0.328. The third kappa shape index (κ3) is 3.76. The van der Waals surface area contributed by atoms with E-state index in [4.69, 9.17) is 0 Å². The summed E-state index contributed by atoms with van der Waals surface area (Å²) in [4.78, 5) is 13.8. The average molecular weight is 228 g/mol. The highest BCUT2D eigenvalue weighted by atomic mass is 16.3. The fraction of sp³-hybridized carbons (Fsp3) is 0.917. The van der Waals surface area contributed by atoms with Crippen LogP contribution in [0.1, 0.15) is 40.0 Å². The quantitative estimate of drug-likeness (QED) is 0.705. The minimum absolute atomic E-state index is 0.0150. The Morgan fingerprint density at radius 1 is 1.56 bits per heavy atom. The van der Waals surface area contributed by atoms with Gasteiger partial charge in [0.1, 0.15) is 0 Å². The summed E-state index contributed by atoms with van der Waals surface area (Å²) in [5.41, 5.74) is 0. The van der Waals surface area contributed by atoms with Crippen LogP contribution in [0.5, 0.6) is 0 Å². The number of aliphatic hydroxyl groups excluding tert-OH is 1. The predicted octanol–water partition coefficient (Wildman–Crippen LogP) is 0.746. The van der Waals surface area contributed by atoms with Gasteiger partial charge >= 0.3 is 0 Å². The van der Waals surface area contributed by atoms with Crippen LogP contribution in [0.15, 0.2) is 0 Å². The van der Waals surface area contributed by atoms with Crippen molar-refractivity contribution in [2.75, 3.05) is 13.1 Å². The third-order valence-electron chi connectivity index (χ3n) is 3.04. The van der Waals surface area contributed by atoms with Crippen LogP contribution in [0.3, 0.4) is 0 Å². The number of hydrogen-bond acceptors (Lipinski definition) is 3. The van der Waals surface area contributed by atoms with Crippen molar-refractivity contribution in [3.63, 3.8) is 0 Å². The number of rotatable bonds is 6. The number of carbonyl (C=O) groups excluding carboxylic acids is 1. The monoisotopic (exact) mass is 228 g/mol. The second-order valence-corrected chi connectivity index (χ2v) is 4.84. The molecule has 1 rings (SSSR count). The maximum atomic E-state index is 11.9. The molecule has 0 saturated carbocycles. The molecule has 2 atom stereocenters. The molecule has 0 aromatic rings. The summed E-state index contributed by atoms with van der Waals surface area (Å²) in [6.45, 7) is 7.57. The van der Waals surface area contributed by atoms with Crippen LogP contribution in [-0.2, 0) is 4.79 Å². The first-order valence-corrected chi connectivity index (χ1v) is 6.27. The topological polar surface area (TPSA) is 52.6 Å². The van der Waals surface area contributed by atoms with Gasteiger partial charge in [-0.25, -0.2) is 0 Å². The number of hydrogen-bond donors (Lipinski definition) is 2. The molecule has 1 saturated heterocycles. The van der Waals surface area contributed by atoms with Crippen LogP contribution in [0.25, 0.3) is 0 Å². The predicted molar refractivity (Wildman–Crippen MR) is 64.2 cm³/mol. The van der Waals surface area contributed by atoms with Crippen LogP contribution in [-0.4, -0.2) is 47.2 Å². The van der Waals surface area contributed by atoms with E-state index >= 15 is 0 Å². The van der Waals surface area contributed by atoms with Gasteiger partial charge in [0.15, 0.2) is 0 Å². The van der Waals surface area contributed by atoms with Crippen LogP contribution in [0, 0.1) is 0 Å². The molecule has 2 unspecified atom stereocenters. The Labute approximate surface area is 98.0 Å². The van der Waals surface area contributed by atoms with Crippen molar-refractivity contribution in [1.29, 1.82) is 0 Å². The lowest BCUT2D eigenvalue weighted by atomic mass is 10.2. The molecule has 4 nitrogen and oxygen atoms in total. The number of nitrogens with one attached hydrogen (secondary N) is 1. The molecule has 0 aromatic heterocycles. The molecule has 0 aromatic carbocycles. The van der Waals surface area contributed by atoms with Crippen molar-refractivity contribution in [3.8, 4) is 0 Å². The number of aliphatic hydroxyl groups is 1. The lowest BCUT2D eigenvalue weighted by molar-refractivity contribution is -0.129. The first-order valence-electron chi connectivity index (χ1n) is 6.27. The Balaban J connectivity index is 2.33. The molecule has 1 amide bonds. The number of amides is 1. The SMILES string of the molecule is CCC(O)CCN1CCC(NC(C)C)C1=O. The summed E-state index contributed by atoms with van der Waals surface area (Å²) < 4.78 is 0. The van der Waals surface area contributed by atoms with Gasteiger partial charge in [-0.15, -0.1) is 0 Å². The van der Waals surface area contributed by atoms with Crippen molar-refractivity contribution >= 4 is 5.91 Å². The highest BCUT2D eigenvalue weighted by Gasteiger charge is 2.31. The highest BCUT2D eigenvalue weighted by molar-refractivity contribution is 5.83. The van der Waals surface area contributed by atoms with E-state index in [9.17, 15) is 9.90 Å². The van der Waals surface area contributed by atoms with Gasteiger partial charge in [0.25, 0.3) is 0 Å². The Hall–Kier alpha value is -0.610. The molecule has 0 bridgehead atoms. The zero-order valence-corrected chi connectivity index (χ0v) is 10.6. The zero-order chi connectivity index (χ0) is 12.1. The van der Waals surface area contributed by atoms with E-state index in [1.807, 2.05) is 11.8 Å². The van der Waals surface area contributed by atoms with E-state index in [1.54, 1.807) is 0 Å². The van der Waals surface area contributed by atoms with Gasteiger partial charge in [-0.3, -0.25) is 4.79 Å². The first-order chi connectivity index (χ1) is 7.54. The molecule has 0 aliphatic carbocycles. The molecule has 1 fully saturated rings. The second-order valence-electron chi connectivity index (χ2n) is 4.84. The van der Waals surface area contributed by atoms with Crippen molar-refractivity contribution in [2.45, 2.75) is 58.2 Å². The lowest BCUT2D eigenvalue weighted by Crippen LogP contribution is -2.42. The third-order valence-corrected chi connectivity index (χ3v) is 3.04. The maximum absolute atomic E-state index is 11.9. The molecule has 1 aliphatic rings. The van der Waals surface area contributed by atoms with E-state index in [2.05, 4.69) is 19.2 Å². The van der Waals surface area contributed by atoms with Gasteiger partial charge in [0, 0.05) is 19.1 Å². The molecular weight excluding hydrogens is 204 g/mol. The molecular formula is C12H24N2O2. The first kappa shape index (κ1) is 13.5. The van der Waals surface area contributed by atoms with Crippen molar-refractivity contribution in [2.24, 2.45) is 0 Å². The van der Waals surface area contributed by atoms with Gasteiger partial charge in [0.05, 0.1) is 12.1 Å². The van der Waals surface area contributed by atoms with E-state index in [0.717, 1.165) is 19.4 Å². The average Bonchev–Trinajstić information content (AvgIpc) is 2.56. The minimum atomic E-state index is -0.273. The Bertz CT molecular complexity index is 231. The highest BCUT2D eigenvalue weighted by Crippen LogP contribution is 2.13. The summed E-state index contributed by atoms with van der Waals surface area (Å²) in [5, 5.41) is 12.7. The van der Waals surface area contributed by atoms with Crippen molar-refractivity contribution in [3.05, 3.63) is 0 Å². The van der Waals surface area contributed by atoms with Gasteiger partial charge < -0.3 is 15.3 Å². The molecule has 1 aliphatic heterocycles. The summed E-state index contributed by atoms with van der Waals surface area (Å²) in [5.74, 6) is 0.192. The Morgan fingerprint density at radius 2 is 2.25 bits per heavy atom. The lowest BCUT2D eigenvalue weighted by Gasteiger charge is -2.19. The molecule has 94 valence electrons. The molecule has 2 N–H and O–H groups in total. The molecule has 16 heavy (non-hydrogen) atoms. The number of likely N-dealkylation sites (tertiary alicyclic amines) is 1. The molecule has 4 heteroatoms. The van der Waals surface area contributed by atoms with Gasteiger partial charge in [0.2, 0.25) is 5.91 Å². The minimum Gasteiger partial charge on any atom is -0.393 e. The molecule has 0 spiro atoms. The van der Waals surface area contributed by atoms with Crippen LogP contribution >= 0.6 is 0 Å². The van der Waals surface area contributed by atoms with Gasteiger partial charge in [-0.1, -0.05) is 20.8 Å². The van der Waals surface area contributed by atoms with Gasteiger partial charge in [-0.2, -0.15) is 0 Å². The number of nitrogens with zero attached hydrogens (tertiary/aromatic N) is 1. The van der Waals surface area contributed by atoms with E-state index in [-0.39, 0.29) is 18.1 Å². The van der Waals surface area contributed by atoms with Crippen LogP contribution in [0.2, 0.25) is 0 Å². The summed E-state index contributed by atoms with van der Waals surface area (Å²) in [7, 11) is 0. The van der Waals surface area contributed by atoms with Crippen LogP contribution in [0.4, 0.5) is 0 Å². The van der Waals surface area contributed by atoms with Crippen molar-refractivity contribution in [1.82, 2.24) is 10.2 Å². The normalized spacial score (nSPS) is 23.2. The van der Waals surface area contributed by atoms with Crippen LogP contribution < -0.4 is 5.32 Å². The largest absolute Gasteiger partial charge is 0.393 e. The fourth-order valence-corrected chi connectivity index (χ4v) is 2.03. The standard InChI is InChI=1S/C12H24N2O2/c1-4-10(15)5-7-14-8-6-11(12(14)16)13-9(2)3/h9-11,13,15H,4-8H2,1-3H3. The maximum Gasteiger partial charge on any atom is 0.239 e. The van der Waals surface area contributed by atoms with Gasteiger partial charge in [-0.05, 0) is 19.3 Å². The summed E-state index contributed by atoms with van der Waals surface area (Å²) in [6.07, 6.45) is 2.07. The molecule has 1 heterocycles. The van der Waals surface area contributed by atoms with Crippen molar-refractivity contribution < 1.29 is 9.90 Å². The number of carbonyl (C=O) groups is 1. The van der Waals surface area contributed by atoms with E-state index in [0.29, 0.717) is 19.0 Å². The Kier molecular flexibility index (Phi) is 5.22. The summed E-state index contributed by atoms with van der Waals surface area (Å²) >= 11 is 0. The van der Waals surface area contributed by atoms with E-state index in [1.165, 1.54) is 0 Å². The fourth-order valence-electron chi connectivity index (χ4n) is 2.03. The smallest absolute Gasteiger partial charge is 0.239 e. The second kappa shape index (κ2) is 6.21.